The van der Waals surface area contributed by atoms with E-state index in [1.807, 2.05) is 0 Å². The number of hydrogen-bond acceptors (Lipinski definition) is 6. The molecule has 2 aliphatic rings. The van der Waals surface area contributed by atoms with E-state index < -0.39 is 0 Å². The van der Waals surface area contributed by atoms with Crippen LogP contribution in [0.5, 0.6) is 0 Å². The van der Waals surface area contributed by atoms with E-state index in [2.05, 4.69) is 14.3 Å². The fourth-order valence-electron chi connectivity index (χ4n) is 3.69. The van der Waals surface area contributed by atoms with Gasteiger partial charge in [-0.05, 0) is 25.2 Å². The van der Waals surface area contributed by atoms with Crippen molar-refractivity contribution in [2.24, 2.45) is 5.92 Å². The van der Waals surface area contributed by atoms with Crippen LogP contribution in [-0.2, 0) is 11.2 Å². The lowest BCUT2D eigenvalue weighted by Crippen LogP contribution is -2.36. The fourth-order valence-corrected chi connectivity index (χ4v) is 4.47. The predicted octanol–water partition coefficient (Wildman–Crippen LogP) is 2.25. The molecular weight excluding hydrogens is 286 g/mol. The van der Waals surface area contributed by atoms with Gasteiger partial charge in [-0.15, -0.1) is 0 Å². The number of methoxy groups -OCH3 is 1. The molecular formula is C15H25N3O2S. The van der Waals surface area contributed by atoms with E-state index in [1.165, 1.54) is 43.6 Å². The molecule has 1 aromatic heterocycles. The minimum Gasteiger partial charge on any atom is -0.391 e. The smallest absolute Gasteiger partial charge is 0.205 e. The molecule has 3 rings (SSSR count). The Morgan fingerprint density at radius 2 is 2.14 bits per heavy atom. The van der Waals surface area contributed by atoms with E-state index in [-0.39, 0.29) is 6.10 Å². The number of β-amino-alcohol motifs (C(OH)–C–C–N with tert-alkyl or cyclic N) is 1. The topological polar surface area (TPSA) is 58.5 Å². The maximum Gasteiger partial charge on any atom is 0.205 e. The Morgan fingerprint density at radius 1 is 1.33 bits per heavy atom. The SMILES string of the molecule is COCCc1nsc(N2C[C@@H](O)C[C@@H]2C2CCCCC2)n1. The summed E-state index contributed by atoms with van der Waals surface area (Å²) in [6.07, 6.45) is 8.05. The van der Waals surface area contributed by atoms with Gasteiger partial charge in [-0.1, -0.05) is 19.3 Å². The third kappa shape index (κ3) is 3.55. The molecule has 1 saturated carbocycles. The molecule has 1 N–H and O–H groups in total. The lowest BCUT2D eigenvalue weighted by atomic mass is 9.83. The first-order valence-corrected chi connectivity index (χ1v) is 8.81. The first-order valence-electron chi connectivity index (χ1n) is 8.04. The van der Waals surface area contributed by atoms with Crippen LogP contribution in [0.1, 0.15) is 44.3 Å². The number of anilines is 1. The summed E-state index contributed by atoms with van der Waals surface area (Å²) in [4.78, 5) is 6.97. The van der Waals surface area contributed by atoms with Gasteiger partial charge in [-0.2, -0.15) is 4.37 Å². The van der Waals surface area contributed by atoms with Crippen LogP contribution in [0.3, 0.4) is 0 Å². The monoisotopic (exact) mass is 311 g/mol. The summed E-state index contributed by atoms with van der Waals surface area (Å²) in [5, 5.41) is 11.1. The molecule has 0 unspecified atom stereocenters. The van der Waals surface area contributed by atoms with Gasteiger partial charge in [-0.25, -0.2) is 4.98 Å². The van der Waals surface area contributed by atoms with Crippen LogP contribution in [0.4, 0.5) is 5.13 Å². The van der Waals surface area contributed by atoms with Crippen LogP contribution >= 0.6 is 11.5 Å². The number of aromatic nitrogens is 2. The zero-order valence-electron chi connectivity index (χ0n) is 12.7. The Morgan fingerprint density at radius 3 is 2.90 bits per heavy atom. The van der Waals surface area contributed by atoms with Crippen molar-refractivity contribution in [3.63, 3.8) is 0 Å². The highest BCUT2D eigenvalue weighted by Gasteiger charge is 2.38. The maximum absolute atomic E-state index is 10.1. The Balaban J connectivity index is 1.70. The van der Waals surface area contributed by atoms with Gasteiger partial charge in [0.2, 0.25) is 5.13 Å². The highest BCUT2D eigenvalue weighted by atomic mass is 32.1. The van der Waals surface area contributed by atoms with E-state index >= 15 is 0 Å². The molecule has 0 spiro atoms. The average molecular weight is 311 g/mol. The molecule has 0 aromatic carbocycles. The number of rotatable bonds is 5. The number of hydrogen-bond donors (Lipinski definition) is 1. The minimum absolute atomic E-state index is 0.219. The summed E-state index contributed by atoms with van der Waals surface area (Å²) in [5.74, 6) is 1.57. The lowest BCUT2D eigenvalue weighted by Gasteiger charge is -2.33. The number of aliphatic hydroxyl groups excluding tert-OH is 1. The number of ether oxygens (including phenoxy) is 1. The molecule has 1 aromatic rings. The Hall–Kier alpha value is -0.720. The summed E-state index contributed by atoms with van der Waals surface area (Å²) in [6, 6.07) is 0.448. The van der Waals surface area contributed by atoms with Crippen molar-refractivity contribution >= 4 is 16.7 Å². The second-order valence-electron chi connectivity index (χ2n) is 6.24. The molecule has 2 fully saturated rings. The second kappa shape index (κ2) is 7.03. The van der Waals surface area contributed by atoms with E-state index in [1.54, 1.807) is 7.11 Å². The Bertz CT molecular complexity index is 448. The summed E-state index contributed by atoms with van der Waals surface area (Å²) < 4.78 is 9.52. The largest absolute Gasteiger partial charge is 0.391 e. The Labute approximate surface area is 130 Å². The quantitative estimate of drug-likeness (QED) is 0.904. The van der Waals surface area contributed by atoms with Crippen molar-refractivity contribution in [1.29, 1.82) is 0 Å². The normalized spacial score (nSPS) is 27.4. The molecule has 2 heterocycles. The number of nitrogens with zero attached hydrogens (tertiary/aromatic N) is 3. The summed E-state index contributed by atoms with van der Waals surface area (Å²) in [6.45, 7) is 1.37. The van der Waals surface area contributed by atoms with Gasteiger partial charge < -0.3 is 14.7 Å². The molecule has 21 heavy (non-hydrogen) atoms. The van der Waals surface area contributed by atoms with Crippen LogP contribution in [0.15, 0.2) is 0 Å². The number of aliphatic hydroxyl groups is 1. The van der Waals surface area contributed by atoms with Crippen molar-refractivity contribution in [3.8, 4) is 0 Å². The van der Waals surface area contributed by atoms with E-state index in [0.29, 0.717) is 25.1 Å². The maximum atomic E-state index is 10.1. The summed E-state index contributed by atoms with van der Waals surface area (Å²) >= 11 is 1.47. The van der Waals surface area contributed by atoms with Gasteiger partial charge in [0.15, 0.2) is 0 Å². The molecule has 0 radical (unpaired) electrons. The van der Waals surface area contributed by atoms with E-state index in [9.17, 15) is 5.11 Å². The molecule has 1 aliphatic heterocycles. The first kappa shape index (κ1) is 15.2. The van der Waals surface area contributed by atoms with Crippen LogP contribution in [0, 0.1) is 5.92 Å². The highest BCUT2D eigenvalue weighted by Crippen LogP contribution is 2.37. The average Bonchev–Trinajstić information content (AvgIpc) is 3.12. The van der Waals surface area contributed by atoms with Crippen molar-refractivity contribution in [3.05, 3.63) is 5.82 Å². The molecule has 5 nitrogen and oxygen atoms in total. The van der Waals surface area contributed by atoms with E-state index in [4.69, 9.17) is 4.74 Å². The minimum atomic E-state index is -0.219. The standard InChI is InChI=1S/C15H25N3O2S/c1-20-8-7-14-16-15(21-17-14)18-10-12(19)9-13(18)11-5-3-2-4-6-11/h11-13,19H,2-10H2,1H3/t12-,13+/m0/s1. The molecule has 118 valence electrons. The molecule has 1 aliphatic carbocycles. The van der Waals surface area contributed by atoms with Gasteiger partial charge in [-0.3, -0.25) is 0 Å². The molecule has 0 bridgehead atoms. The van der Waals surface area contributed by atoms with Crippen molar-refractivity contribution in [1.82, 2.24) is 9.36 Å². The highest BCUT2D eigenvalue weighted by molar-refractivity contribution is 7.09. The first-order chi connectivity index (χ1) is 10.3. The van der Waals surface area contributed by atoms with E-state index in [0.717, 1.165) is 23.8 Å². The second-order valence-corrected chi connectivity index (χ2v) is 6.97. The molecule has 2 atom stereocenters. The Kier molecular flexibility index (Phi) is 5.08. The van der Waals surface area contributed by atoms with Crippen LogP contribution < -0.4 is 4.90 Å². The summed E-state index contributed by atoms with van der Waals surface area (Å²) in [7, 11) is 1.70. The van der Waals surface area contributed by atoms with Gasteiger partial charge in [0.1, 0.15) is 5.82 Å². The predicted molar refractivity (Wildman–Crippen MR) is 83.8 cm³/mol. The van der Waals surface area contributed by atoms with Crippen molar-refractivity contribution in [2.75, 3.05) is 25.2 Å². The molecule has 1 saturated heterocycles. The van der Waals surface area contributed by atoms with Crippen LogP contribution in [0.25, 0.3) is 0 Å². The van der Waals surface area contributed by atoms with Gasteiger partial charge in [0.05, 0.1) is 12.7 Å². The summed E-state index contributed by atoms with van der Waals surface area (Å²) in [5.41, 5.74) is 0. The van der Waals surface area contributed by atoms with Crippen molar-refractivity contribution in [2.45, 2.75) is 57.1 Å². The third-order valence-electron chi connectivity index (χ3n) is 4.75. The van der Waals surface area contributed by atoms with Crippen molar-refractivity contribution < 1.29 is 9.84 Å². The third-order valence-corrected chi connectivity index (χ3v) is 5.54. The zero-order chi connectivity index (χ0) is 14.7. The molecule has 0 amide bonds. The van der Waals surface area contributed by atoms with Gasteiger partial charge >= 0.3 is 0 Å². The van der Waals surface area contributed by atoms with Crippen LogP contribution in [0.2, 0.25) is 0 Å². The van der Waals surface area contributed by atoms with Gasteiger partial charge in [0.25, 0.3) is 0 Å². The van der Waals surface area contributed by atoms with Gasteiger partial charge in [0, 0.05) is 37.6 Å². The fraction of sp³-hybridized carbons (Fsp3) is 0.867. The zero-order valence-corrected chi connectivity index (χ0v) is 13.5. The van der Waals surface area contributed by atoms with Crippen LogP contribution in [-0.4, -0.2) is 46.9 Å². The molecule has 6 heteroatoms. The lowest BCUT2D eigenvalue weighted by molar-refractivity contribution is 0.185.